The predicted molar refractivity (Wildman–Crippen MR) is 109 cm³/mol. The summed E-state index contributed by atoms with van der Waals surface area (Å²) in [6.07, 6.45) is 2.24. The highest BCUT2D eigenvalue weighted by molar-refractivity contribution is 5.79. The number of halogens is 2. The van der Waals surface area contributed by atoms with Crippen molar-refractivity contribution in [2.24, 2.45) is 4.99 Å². The van der Waals surface area contributed by atoms with Gasteiger partial charge < -0.3 is 25.2 Å². The van der Waals surface area contributed by atoms with E-state index < -0.39 is 6.61 Å². The van der Waals surface area contributed by atoms with Crippen LogP contribution in [0.15, 0.2) is 23.2 Å². The Bertz CT molecular complexity index is 627. The minimum Gasteiger partial charge on any atom is -0.434 e. The number of aryl methyl sites for hydroxylation is 1. The Balaban J connectivity index is 1.75. The minimum absolute atomic E-state index is 0.190. The standard InChI is InChI=1S/C20H33F2N5O/c1-16-6-7-18(28-19(21)22)17(14-16)15-25-20(23-2)24-8-4-10-27-11-5-9-26(3)12-13-27/h6-7,14,19H,4-5,8-13,15H2,1-3H3,(H2,23,24,25). The Kier molecular flexibility index (Phi) is 9.43. The quantitative estimate of drug-likeness (QED) is 0.401. The molecule has 0 bridgehead atoms. The molecule has 2 N–H and O–H groups in total. The zero-order chi connectivity index (χ0) is 20.4. The molecule has 1 aromatic carbocycles. The maximum atomic E-state index is 12.6. The van der Waals surface area contributed by atoms with E-state index in [9.17, 15) is 8.78 Å². The Morgan fingerprint density at radius 2 is 2.04 bits per heavy atom. The third-order valence-electron chi connectivity index (χ3n) is 4.86. The first-order chi connectivity index (χ1) is 13.5. The second-order valence-corrected chi connectivity index (χ2v) is 7.19. The van der Waals surface area contributed by atoms with Crippen molar-refractivity contribution in [1.82, 2.24) is 20.4 Å². The van der Waals surface area contributed by atoms with Crippen molar-refractivity contribution in [1.29, 1.82) is 0 Å². The predicted octanol–water partition coefficient (Wildman–Crippen LogP) is 2.29. The van der Waals surface area contributed by atoms with Crippen LogP contribution in [0.4, 0.5) is 8.78 Å². The van der Waals surface area contributed by atoms with E-state index in [1.807, 2.05) is 13.0 Å². The molecule has 0 atom stereocenters. The smallest absolute Gasteiger partial charge is 0.387 e. The molecule has 158 valence electrons. The van der Waals surface area contributed by atoms with Crippen LogP contribution in [0.5, 0.6) is 5.75 Å². The molecule has 0 aliphatic carbocycles. The van der Waals surface area contributed by atoms with Gasteiger partial charge in [-0.25, -0.2) is 0 Å². The number of guanidine groups is 1. The maximum Gasteiger partial charge on any atom is 0.387 e. The van der Waals surface area contributed by atoms with E-state index in [0.717, 1.165) is 44.7 Å². The second kappa shape index (κ2) is 11.8. The van der Waals surface area contributed by atoms with Crippen LogP contribution in [0.2, 0.25) is 0 Å². The topological polar surface area (TPSA) is 52.1 Å². The second-order valence-electron chi connectivity index (χ2n) is 7.19. The van der Waals surface area contributed by atoms with E-state index in [1.165, 1.54) is 13.0 Å². The summed E-state index contributed by atoms with van der Waals surface area (Å²) >= 11 is 0. The number of rotatable bonds is 8. The van der Waals surface area contributed by atoms with Gasteiger partial charge in [0.1, 0.15) is 5.75 Å². The third kappa shape index (κ3) is 7.98. The molecule has 1 saturated heterocycles. The van der Waals surface area contributed by atoms with Crippen molar-refractivity contribution in [3.63, 3.8) is 0 Å². The Morgan fingerprint density at radius 3 is 2.79 bits per heavy atom. The highest BCUT2D eigenvalue weighted by Crippen LogP contribution is 2.21. The minimum atomic E-state index is -2.84. The average molecular weight is 398 g/mol. The van der Waals surface area contributed by atoms with Gasteiger partial charge in [-0.3, -0.25) is 4.99 Å². The molecular weight excluding hydrogens is 364 g/mol. The number of alkyl halides is 2. The molecule has 8 heteroatoms. The van der Waals surface area contributed by atoms with Crippen molar-refractivity contribution in [2.75, 3.05) is 53.4 Å². The van der Waals surface area contributed by atoms with Crippen LogP contribution in [0.25, 0.3) is 0 Å². The van der Waals surface area contributed by atoms with Crippen molar-refractivity contribution in [2.45, 2.75) is 32.9 Å². The molecule has 1 fully saturated rings. The van der Waals surface area contributed by atoms with Gasteiger partial charge >= 0.3 is 6.61 Å². The molecule has 1 aliphatic heterocycles. The summed E-state index contributed by atoms with van der Waals surface area (Å²) in [5, 5.41) is 6.47. The number of benzene rings is 1. The molecule has 2 rings (SSSR count). The molecule has 1 aromatic rings. The van der Waals surface area contributed by atoms with Gasteiger partial charge in [0.15, 0.2) is 5.96 Å². The first-order valence-corrected chi connectivity index (χ1v) is 9.87. The summed E-state index contributed by atoms with van der Waals surface area (Å²) < 4.78 is 29.8. The Labute approximate surface area is 166 Å². The molecule has 0 radical (unpaired) electrons. The summed E-state index contributed by atoms with van der Waals surface area (Å²) in [7, 11) is 3.87. The first kappa shape index (κ1) is 22.4. The zero-order valence-electron chi connectivity index (χ0n) is 17.2. The van der Waals surface area contributed by atoms with E-state index in [0.29, 0.717) is 18.1 Å². The van der Waals surface area contributed by atoms with E-state index >= 15 is 0 Å². The van der Waals surface area contributed by atoms with Gasteiger partial charge in [-0.2, -0.15) is 8.78 Å². The number of hydrogen-bond donors (Lipinski definition) is 2. The monoisotopic (exact) mass is 397 g/mol. The molecule has 0 amide bonds. The van der Waals surface area contributed by atoms with Gasteiger partial charge in [0.25, 0.3) is 0 Å². The molecule has 1 aliphatic rings. The Hall–Kier alpha value is -1.93. The number of aliphatic imine (C=N–C) groups is 1. The van der Waals surface area contributed by atoms with Gasteiger partial charge in [0.2, 0.25) is 0 Å². The summed E-state index contributed by atoms with van der Waals surface area (Å²) in [5.74, 6) is 0.842. The summed E-state index contributed by atoms with van der Waals surface area (Å²) in [6.45, 7) is 5.87. The largest absolute Gasteiger partial charge is 0.434 e. The van der Waals surface area contributed by atoms with Crippen LogP contribution in [0, 0.1) is 6.92 Å². The molecule has 0 aromatic heterocycles. The van der Waals surface area contributed by atoms with Crippen LogP contribution < -0.4 is 15.4 Å². The Morgan fingerprint density at radius 1 is 1.21 bits per heavy atom. The molecule has 0 spiro atoms. The van der Waals surface area contributed by atoms with Gasteiger partial charge in [0.05, 0.1) is 0 Å². The normalized spacial score (nSPS) is 16.9. The lowest BCUT2D eigenvalue weighted by molar-refractivity contribution is -0.0504. The van der Waals surface area contributed by atoms with Gasteiger partial charge in [-0.1, -0.05) is 17.7 Å². The number of ether oxygens (including phenoxy) is 1. The summed E-state index contributed by atoms with van der Waals surface area (Å²) in [5.41, 5.74) is 1.67. The maximum absolute atomic E-state index is 12.6. The number of likely N-dealkylation sites (N-methyl/N-ethyl adjacent to an activating group) is 1. The van der Waals surface area contributed by atoms with Crippen LogP contribution in [0.3, 0.4) is 0 Å². The number of hydrogen-bond acceptors (Lipinski definition) is 4. The van der Waals surface area contributed by atoms with Crippen molar-refractivity contribution < 1.29 is 13.5 Å². The fraction of sp³-hybridized carbons (Fsp3) is 0.650. The SMILES string of the molecule is CN=C(NCCCN1CCCN(C)CC1)NCc1cc(C)ccc1OC(F)F. The lowest BCUT2D eigenvalue weighted by atomic mass is 10.1. The average Bonchev–Trinajstić information content (AvgIpc) is 2.87. The third-order valence-corrected chi connectivity index (χ3v) is 4.86. The van der Waals surface area contributed by atoms with Crippen molar-refractivity contribution >= 4 is 5.96 Å². The molecule has 28 heavy (non-hydrogen) atoms. The number of nitrogens with one attached hydrogen (secondary N) is 2. The van der Waals surface area contributed by atoms with Crippen LogP contribution in [-0.4, -0.2) is 75.7 Å². The van der Waals surface area contributed by atoms with Gasteiger partial charge in [-0.15, -0.1) is 0 Å². The lowest BCUT2D eigenvalue weighted by Gasteiger charge is -2.20. The van der Waals surface area contributed by atoms with Gasteiger partial charge in [-0.05, 0) is 52.5 Å². The van der Waals surface area contributed by atoms with E-state index in [-0.39, 0.29) is 5.75 Å². The van der Waals surface area contributed by atoms with Crippen molar-refractivity contribution in [3.8, 4) is 5.75 Å². The fourth-order valence-electron chi connectivity index (χ4n) is 3.29. The van der Waals surface area contributed by atoms with Crippen LogP contribution in [-0.2, 0) is 6.54 Å². The zero-order valence-corrected chi connectivity index (χ0v) is 17.2. The fourth-order valence-corrected chi connectivity index (χ4v) is 3.29. The highest BCUT2D eigenvalue weighted by Gasteiger charge is 2.12. The molecular formula is C20H33F2N5O. The molecule has 0 saturated carbocycles. The van der Waals surface area contributed by atoms with Gasteiger partial charge in [0, 0.05) is 38.8 Å². The first-order valence-electron chi connectivity index (χ1n) is 9.87. The molecule has 6 nitrogen and oxygen atoms in total. The van der Waals surface area contributed by atoms with E-state index in [4.69, 9.17) is 0 Å². The van der Waals surface area contributed by atoms with E-state index in [2.05, 4.69) is 37.2 Å². The lowest BCUT2D eigenvalue weighted by Crippen LogP contribution is -2.38. The molecule has 1 heterocycles. The van der Waals surface area contributed by atoms with E-state index in [1.54, 1.807) is 19.2 Å². The summed E-state index contributed by atoms with van der Waals surface area (Å²) in [6, 6.07) is 5.18. The van der Waals surface area contributed by atoms with Crippen LogP contribution in [0.1, 0.15) is 24.0 Å². The number of nitrogens with zero attached hydrogens (tertiary/aromatic N) is 3. The summed E-state index contributed by atoms with van der Waals surface area (Å²) in [4.78, 5) is 9.09. The molecule has 0 unspecified atom stereocenters. The highest BCUT2D eigenvalue weighted by atomic mass is 19.3. The van der Waals surface area contributed by atoms with Crippen LogP contribution >= 0.6 is 0 Å². The van der Waals surface area contributed by atoms with Crippen molar-refractivity contribution in [3.05, 3.63) is 29.3 Å².